The van der Waals surface area contributed by atoms with Gasteiger partial charge in [0.1, 0.15) is 48.7 Å². The smallest absolute Gasteiger partial charge is 0.217 e. The standard InChI is InChI=1S/2C8H15NO6/c2*1-3(11)9-5-7(13)6(12)4(2-10)15-8(5)14/h2*4-8,10,12-14H,2H2,1H3,(H,9,11)/t4-,5-,6+,7-,8+;4-,5-,6+,7-,8-/m11/s1. The molecular formula is C16H30N2O12. The van der Waals surface area contributed by atoms with Crippen molar-refractivity contribution < 1.29 is 59.9 Å². The second kappa shape index (κ2) is 11.8. The lowest BCUT2D eigenvalue weighted by Gasteiger charge is -2.40. The van der Waals surface area contributed by atoms with E-state index in [9.17, 15) is 40.2 Å². The Kier molecular flexibility index (Phi) is 10.5. The van der Waals surface area contributed by atoms with E-state index in [-0.39, 0.29) is 0 Å². The van der Waals surface area contributed by atoms with E-state index in [1.54, 1.807) is 0 Å². The molecule has 2 saturated heterocycles. The molecule has 14 heteroatoms. The lowest BCUT2D eigenvalue weighted by Crippen LogP contribution is -2.63. The fraction of sp³-hybridized carbons (Fsp3) is 0.875. The second-order valence-electron chi connectivity index (χ2n) is 6.91. The Labute approximate surface area is 171 Å². The highest BCUT2D eigenvalue weighted by Gasteiger charge is 2.44. The van der Waals surface area contributed by atoms with E-state index in [1.807, 2.05) is 0 Å². The number of ether oxygens (including phenoxy) is 2. The number of aliphatic hydroxyl groups is 8. The number of aliphatic hydroxyl groups excluding tert-OH is 8. The second-order valence-corrected chi connectivity index (χ2v) is 6.91. The highest BCUT2D eigenvalue weighted by atomic mass is 16.6. The van der Waals surface area contributed by atoms with Crippen LogP contribution in [0, 0.1) is 0 Å². The largest absolute Gasteiger partial charge is 0.394 e. The molecule has 2 rings (SSSR count). The Morgan fingerprint density at radius 2 is 0.967 bits per heavy atom. The molecule has 0 unspecified atom stereocenters. The van der Waals surface area contributed by atoms with E-state index in [1.165, 1.54) is 13.8 Å². The van der Waals surface area contributed by atoms with Crippen molar-refractivity contribution in [3.63, 3.8) is 0 Å². The van der Waals surface area contributed by atoms with Crippen molar-refractivity contribution in [3.8, 4) is 0 Å². The summed E-state index contributed by atoms with van der Waals surface area (Å²) in [5.74, 6) is -0.923. The first-order chi connectivity index (χ1) is 13.9. The zero-order valence-corrected chi connectivity index (χ0v) is 16.4. The Morgan fingerprint density at radius 1 is 0.667 bits per heavy atom. The van der Waals surface area contributed by atoms with Crippen LogP contribution in [-0.2, 0) is 19.1 Å². The maximum atomic E-state index is 10.7. The minimum atomic E-state index is -1.45. The zero-order chi connectivity index (χ0) is 23.2. The minimum absolute atomic E-state index is 0.462. The molecule has 0 saturated carbocycles. The summed E-state index contributed by atoms with van der Waals surface area (Å²) in [5.41, 5.74) is 0. The summed E-state index contributed by atoms with van der Waals surface area (Å²) in [4.78, 5) is 21.5. The van der Waals surface area contributed by atoms with Gasteiger partial charge < -0.3 is 61.0 Å². The van der Waals surface area contributed by atoms with Crippen molar-refractivity contribution in [1.29, 1.82) is 0 Å². The number of amides is 2. The number of nitrogens with one attached hydrogen (secondary N) is 2. The van der Waals surface area contributed by atoms with Gasteiger partial charge in [-0.25, -0.2) is 0 Å². The fourth-order valence-corrected chi connectivity index (χ4v) is 2.98. The summed E-state index contributed by atoms with van der Waals surface area (Å²) < 4.78 is 9.62. The third-order valence-electron chi connectivity index (χ3n) is 4.54. The third kappa shape index (κ3) is 6.78. The molecular weight excluding hydrogens is 412 g/mol. The maximum absolute atomic E-state index is 10.7. The highest BCUT2D eigenvalue weighted by Crippen LogP contribution is 2.20. The van der Waals surface area contributed by atoms with Crippen LogP contribution in [0.1, 0.15) is 13.8 Å². The van der Waals surface area contributed by atoms with Crippen molar-refractivity contribution >= 4 is 11.8 Å². The van der Waals surface area contributed by atoms with E-state index in [0.717, 1.165) is 0 Å². The highest BCUT2D eigenvalue weighted by molar-refractivity contribution is 5.73. The molecule has 2 fully saturated rings. The fourth-order valence-electron chi connectivity index (χ4n) is 2.98. The molecule has 2 aliphatic heterocycles. The first kappa shape index (κ1) is 26.6. The van der Waals surface area contributed by atoms with Gasteiger partial charge in [0.15, 0.2) is 12.6 Å². The molecule has 10 N–H and O–H groups in total. The van der Waals surface area contributed by atoms with Gasteiger partial charge >= 0.3 is 0 Å². The molecule has 30 heavy (non-hydrogen) atoms. The van der Waals surface area contributed by atoms with Gasteiger partial charge in [0, 0.05) is 13.8 Å². The van der Waals surface area contributed by atoms with E-state index in [0.29, 0.717) is 0 Å². The van der Waals surface area contributed by atoms with Crippen molar-refractivity contribution in [2.75, 3.05) is 13.2 Å². The molecule has 176 valence electrons. The molecule has 14 nitrogen and oxygen atoms in total. The topological polar surface area (TPSA) is 238 Å². The van der Waals surface area contributed by atoms with Crippen molar-refractivity contribution in [1.82, 2.24) is 10.6 Å². The van der Waals surface area contributed by atoms with Crippen LogP contribution in [0.25, 0.3) is 0 Å². The maximum Gasteiger partial charge on any atom is 0.217 e. The van der Waals surface area contributed by atoms with Crippen LogP contribution in [0.5, 0.6) is 0 Å². The van der Waals surface area contributed by atoms with Crippen molar-refractivity contribution in [3.05, 3.63) is 0 Å². The number of carbonyl (C=O) groups is 2. The Balaban J connectivity index is 0.000000300. The van der Waals surface area contributed by atoms with Gasteiger partial charge in [0.05, 0.1) is 13.2 Å². The Bertz CT molecular complexity index is 518. The summed E-state index contributed by atoms with van der Waals surface area (Å²) in [6.45, 7) is 1.37. The van der Waals surface area contributed by atoms with Gasteiger partial charge in [0.2, 0.25) is 11.8 Å². The lowest BCUT2D eigenvalue weighted by molar-refractivity contribution is -0.253. The van der Waals surface area contributed by atoms with Crippen LogP contribution >= 0.6 is 0 Å². The molecule has 0 bridgehead atoms. The predicted molar refractivity (Wildman–Crippen MR) is 95.2 cm³/mol. The quantitative estimate of drug-likeness (QED) is 0.196. The molecule has 2 heterocycles. The number of rotatable bonds is 4. The molecule has 0 radical (unpaired) electrons. The average molecular weight is 442 g/mol. The molecule has 0 aromatic rings. The van der Waals surface area contributed by atoms with Gasteiger partial charge in [0.25, 0.3) is 0 Å². The van der Waals surface area contributed by atoms with Gasteiger partial charge in [-0.05, 0) is 0 Å². The van der Waals surface area contributed by atoms with Gasteiger partial charge in [-0.1, -0.05) is 0 Å². The van der Waals surface area contributed by atoms with Crippen LogP contribution < -0.4 is 10.6 Å². The van der Waals surface area contributed by atoms with Crippen LogP contribution in [-0.4, -0.2) is 127 Å². The number of hydrogen-bond donors (Lipinski definition) is 10. The summed E-state index contributed by atoms with van der Waals surface area (Å²) in [6, 6.07) is -2.19. The molecule has 2 amide bonds. The summed E-state index contributed by atoms with van der Waals surface area (Å²) in [6.07, 6.45) is -10.5. The Hall–Kier alpha value is -1.46. The molecule has 0 aromatic carbocycles. The Morgan fingerprint density at radius 3 is 1.20 bits per heavy atom. The number of hydrogen-bond acceptors (Lipinski definition) is 12. The van der Waals surface area contributed by atoms with Crippen LogP contribution in [0.2, 0.25) is 0 Å². The minimum Gasteiger partial charge on any atom is -0.394 e. The van der Waals surface area contributed by atoms with Crippen LogP contribution in [0.3, 0.4) is 0 Å². The van der Waals surface area contributed by atoms with E-state index in [2.05, 4.69) is 10.6 Å². The van der Waals surface area contributed by atoms with Crippen LogP contribution in [0.4, 0.5) is 0 Å². The van der Waals surface area contributed by atoms with Gasteiger partial charge in [-0.15, -0.1) is 0 Å². The van der Waals surface area contributed by atoms with Crippen molar-refractivity contribution in [2.45, 2.75) is 75.1 Å². The SMILES string of the molecule is CC(=O)N[C@@H]1[C@@H](O)[C@@H](O)[C@@H](CO)O[C@@H]1O.CC(=O)N[C@@H]1[C@@H](O)[C@@H](O)[C@@H](CO)O[C@H]1O. The lowest BCUT2D eigenvalue weighted by atomic mass is 9.97. The van der Waals surface area contributed by atoms with Gasteiger partial charge in [-0.3, -0.25) is 9.59 Å². The summed E-state index contributed by atoms with van der Waals surface area (Å²) in [5, 5.41) is 78.8. The number of carbonyl (C=O) groups excluding carboxylic acids is 2. The molecule has 0 spiro atoms. The predicted octanol–water partition coefficient (Wildman–Crippen LogP) is -6.16. The zero-order valence-electron chi connectivity index (χ0n) is 16.4. The first-order valence-electron chi connectivity index (χ1n) is 9.09. The average Bonchev–Trinajstić information content (AvgIpc) is 2.68. The molecule has 2 aliphatic rings. The normalized spacial score (nSPS) is 41.3. The van der Waals surface area contributed by atoms with Gasteiger partial charge in [-0.2, -0.15) is 0 Å². The van der Waals surface area contributed by atoms with E-state index < -0.39 is 86.3 Å². The van der Waals surface area contributed by atoms with E-state index >= 15 is 0 Å². The molecule has 0 aromatic heterocycles. The first-order valence-corrected chi connectivity index (χ1v) is 9.09. The monoisotopic (exact) mass is 442 g/mol. The summed E-state index contributed by atoms with van der Waals surface area (Å²) in [7, 11) is 0. The van der Waals surface area contributed by atoms with Crippen LogP contribution in [0.15, 0.2) is 0 Å². The third-order valence-corrected chi connectivity index (χ3v) is 4.54. The summed E-state index contributed by atoms with van der Waals surface area (Å²) >= 11 is 0. The van der Waals surface area contributed by atoms with Crippen molar-refractivity contribution in [2.24, 2.45) is 0 Å². The molecule has 10 atom stereocenters. The molecule has 0 aliphatic carbocycles. The van der Waals surface area contributed by atoms with E-state index in [4.69, 9.17) is 19.7 Å².